The summed E-state index contributed by atoms with van der Waals surface area (Å²) in [5, 5.41) is 0. The molecule has 0 unspecified atom stereocenters. The second-order valence-corrected chi connectivity index (χ2v) is 7.47. The van der Waals surface area contributed by atoms with Gasteiger partial charge in [-0.1, -0.05) is 35.0 Å². The number of aryl methyl sites for hydroxylation is 1. The number of rotatable bonds is 5. The van der Waals surface area contributed by atoms with Gasteiger partial charge in [0.1, 0.15) is 5.75 Å². The van der Waals surface area contributed by atoms with Crippen molar-refractivity contribution >= 4 is 39.6 Å². The number of anilines is 1. The molecule has 0 saturated heterocycles. The van der Waals surface area contributed by atoms with Crippen LogP contribution in [0.5, 0.6) is 5.75 Å². The molecule has 0 saturated carbocycles. The van der Waals surface area contributed by atoms with Crippen LogP contribution in [0.25, 0.3) is 6.08 Å². The quantitative estimate of drug-likeness (QED) is 0.475. The lowest BCUT2D eigenvalue weighted by Gasteiger charge is -2.18. The number of hydrogen-bond donors (Lipinski definition) is 0. The minimum Gasteiger partial charge on any atom is -0.496 e. The molecule has 0 aliphatic carbocycles. The van der Waals surface area contributed by atoms with E-state index in [1.165, 1.54) is 12.7 Å². The molecule has 150 valence electrons. The van der Waals surface area contributed by atoms with Crippen molar-refractivity contribution < 1.29 is 19.1 Å². The van der Waals surface area contributed by atoms with Gasteiger partial charge in [0.05, 0.1) is 25.4 Å². The Morgan fingerprint density at radius 3 is 2.41 bits per heavy atom. The highest BCUT2D eigenvalue weighted by Crippen LogP contribution is 2.37. The molecule has 2 aromatic rings. The Morgan fingerprint density at radius 1 is 1.14 bits per heavy atom. The van der Waals surface area contributed by atoms with E-state index in [0.29, 0.717) is 22.7 Å². The predicted molar refractivity (Wildman–Crippen MR) is 117 cm³/mol. The van der Waals surface area contributed by atoms with Gasteiger partial charge in [-0.25, -0.2) is 4.79 Å². The van der Waals surface area contributed by atoms with Crippen molar-refractivity contribution in [2.45, 2.75) is 20.3 Å². The first-order valence-corrected chi connectivity index (χ1v) is 9.98. The number of ether oxygens (including phenoxy) is 2. The van der Waals surface area contributed by atoms with Gasteiger partial charge in [0.25, 0.3) is 5.91 Å². The molecule has 0 fully saturated rings. The molecule has 2 aromatic carbocycles. The summed E-state index contributed by atoms with van der Waals surface area (Å²) in [5.74, 6) is -0.237. The second kappa shape index (κ2) is 8.66. The lowest BCUT2D eigenvalue weighted by Crippen LogP contribution is -2.24. The molecule has 0 spiro atoms. The van der Waals surface area contributed by atoms with Crippen molar-refractivity contribution in [3.63, 3.8) is 0 Å². The van der Waals surface area contributed by atoms with Crippen molar-refractivity contribution in [3.05, 3.63) is 74.9 Å². The normalized spacial score (nSPS) is 15.3. The van der Waals surface area contributed by atoms with Crippen molar-refractivity contribution in [3.8, 4) is 5.75 Å². The Hall–Kier alpha value is -2.86. The van der Waals surface area contributed by atoms with Gasteiger partial charge in [-0.05, 0) is 55.3 Å². The Balaban J connectivity index is 2.15. The molecular weight excluding hydrogens is 434 g/mol. The highest BCUT2D eigenvalue weighted by molar-refractivity contribution is 9.10. The SMILES string of the molecule is CCc1ccc(N2C(=O)/C(=C\c3cc(Br)ccc3OC)C(C(=O)OC)=C2C)cc1. The number of carbonyl (C=O) groups is 2. The van der Waals surface area contributed by atoms with Crippen LogP contribution in [0.4, 0.5) is 5.69 Å². The molecule has 1 amide bonds. The number of carbonyl (C=O) groups excluding carboxylic acids is 2. The fraction of sp³-hybridized carbons (Fsp3) is 0.217. The molecule has 1 aliphatic heterocycles. The van der Waals surface area contributed by atoms with E-state index in [9.17, 15) is 9.59 Å². The van der Waals surface area contributed by atoms with Crippen molar-refractivity contribution in [2.24, 2.45) is 0 Å². The third-order valence-corrected chi connectivity index (χ3v) is 5.38. The van der Waals surface area contributed by atoms with Crippen molar-refractivity contribution in [1.82, 2.24) is 0 Å². The third kappa shape index (κ3) is 3.98. The number of halogens is 1. The van der Waals surface area contributed by atoms with Crippen molar-refractivity contribution in [1.29, 1.82) is 0 Å². The van der Waals surface area contributed by atoms with Crippen LogP contribution < -0.4 is 9.64 Å². The Morgan fingerprint density at radius 2 is 1.83 bits per heavy atom. The van der Waals surface area contributed by atoms with E-state index in [2.05, 4.69) is 22.9 Å². The molecule has 5 nitrogen and oxygen atoms in total. The smallest absolute Gasteiger partial charge is 0.340 e. The molecule has 0 radical (unpaired) electrons. The molecule has 3 rings (SSSR count). The number of amides is 1. The molecule has 6 heteroatoms. The lowest BCUT2D eigenvalue weighted by molar-refractivity contribution is -0.136. The van der Waals surface area contributed by atoms with Gasteiger partial charge in [0, 0.05) is 21.4 Å². The summed E-state index contributed by atoms with van der Waals surface area (Å²) in [5.41, 5.74) is 3.61. The van der Waals surface area contributed by atoms with E-state index in [1.54, 1.807) is 31.1 Å². The van der Waals surface area contributed by atoms with Gasteiger partial charge in [-0.3, -0.25) is 9.69 Å². The van der Waals surface area contributed by atoms with Crippen molar-refractivity contribution in [2.75, 3.05) is 19.1 Å². The molecule has 1 heterocycles. The molecule has 0 N–H and O–H groups in total. The number of allylic oxidation sites excluding steroid dienone is 1. The first-order valence-electron chi connectivity index (χ1n) is 9.19. The monoisotopic (exact) mass is 455 g/mol. The topological polar surface area (TPSA) is 55.8 Å². The molecule has 0 aromatic heterocycles. The second-order valence-electron chi connectivity index (χ2n) is 6.56. The average molecular weight is 456 g/mol. The van der Waals surface area contributed by atoms with Gasteiger partial charge in [-0.15, -0.1) is 0 Å². The minimum atomic E-state index is -0.552. The highest BCUT2D eigenvalue weighted by atomic mass is 79.9. The Bertz CT molecular complexity index is 1020. The summed E-state index contributed by atoms with van der Waals surface area (Å²) < 4.78 is 11.2. The van der Waals surface area contributed by atoms with Crippen LogP contribution in [0.1, 0.15) is 25.0 Å². The largest absolute Gasteiger partial charge is 0.496 e. The van der Waals surface area contributed by atoms with Gasteiger partial charge in [0.2, 0.25) is 0 Å². The summed E-state index contributed by atoms with van der Waals surface area (Å²) in [6, 6.07) is 13.2. The third-order valence-electron chi connectivity index (χ3n) is 4.88. The van der Waals surface area contributed by atoms with Gasteiger partial charge in [0.15, 0.2) is 0 Å². The first kappa shape index (κ1) is 20.9. The number of esters is 1. The van der Waals surface area contributed by atoms with E-state index in [-0.39, 0.29) is 17.1 Å². The maximum atomic E-state index is 13.3. The summed E-state index contributed by atoms with van der Waals surface area (Å²) in [7, 11) is 2.87. The average Bonchev–Trinajstić information content (AvgIpc) is 2.97. The summed E-state index contributed by atoms with van der Waals surface area (Å²) in [6.45, 7) is 3.82. The number of methoxy groups -OCH3 is 2. The van der Waals surface area contributed by atoms with Crippen LogP contribution in [0, 0.1) is 0 Å². The maximum absolute atomic E-state index is 13.3. The Labute approximate surface area is 178 Å². The molecule has 29 heavy (non-hydrogen) atoms. The highest BCUT2D eigenvalue weighted by Gasteiger charge is 2.38. The fourth-order valence-corrected chi connectivity index (χ4v) is 3.72. The lowest BCUT2D eigenvalue weighted by atomic mass is 10.0. The van der Waals surface area contributed by atoms with E-state index in [4.69, 9.17) is 9.47 Å². The van der Waals surface area contributed by atoms with Crippen LogP contribution in [-0.4, -0.2) is 26.1 Å². The summed E-state index contributed by atoms with van der Waals surface area (Å²) in [6.07, 6.45) is 2.58. The zero-order valence-corrected chi connectivity index (χ0v) is 18.4. The number of hydrogen-bond acceptors (Lipinski definition) is 4. The van der Waals surface area contributed by atoms with Crippen LogP contribution in [0.3, 0.4) is 0 Å². The molecule has 1 aliphatic rings. The number of benzene rings is 2. The zero-order chi connectivity index (χ0) is 21.1. The number of nitrogens with zero attached hydrogens (tertiary/aromatic N) is 1. The van der Waals surface area contributed by atoms with Crippen LogP contribution >= 0.6 is 15.9 Å². The standard InChI is InChI=1S/C23H22BrNO4/c1-5-15-6-9-18(10-7-15)25-14(2)21(23(27)29-4)19(22(25)26)13-16-12-17(24)8-11-20(16)28-3/h6-13H,5H2,1-4H3/b19-13-. The van der Waals surface area contributed by atoms with Crippen LogP contribution in [0.15, 0.2) is 63.8 Å². The van der Waals surface area contributed by atoms with E-state index in [1.807, 2.05) is 36.4 Å². The zero-order valence-electron chi connectivity index (χ0n) is 16.8. The summed E-state index contributed by atoms with van der Waals surface area (Å²) >= 11 is 3.44. The van der Waals surface area contributed by atoms with Crippen LogP contribution in [0.2, 0.25) is 0 Å². The molecule has 0 bridgehead atoms. The van der Waals surface area contributed by atoms with E-state index in [0.717, 1.165) is 10.9 Å². The fourth-order valence-electron chi connectivity index (χ4n) is 3.35. The van der Waals surface area contributed by atoms with E-state index < -0.39 is 5.97 Å². The maximum Gasteiger partial charge on any atom is 0.340 e. The van der Waals surface area contributed by atoms with Gasteiger partial charge >= 0.3 is 5.97 Å². The predicted octanol–water partition coefficient (Wildman–Crippen LogP) is 4.90. The summed E-state index contributed by atoms with van der Waals surface area (Å²) in [4.78, 5) is 27.4. The van der Waals surface area contributed by atoms with E-state index >= 15 is 0 Å². The minimum absolute atomic E-state index is 0.249. The molecule has 0 atom stereocenters. The van der Waals surface area contributed by atoms with Crippen LogP contribution in [-0.2, 0) is 20.7 Å². The first-order chi connectivity index (χ1) is 13.9. The van der Waals surface area contributed by atoms with Gasteiger partial charge in [-0.2, -0.15) is 0 Å². The molecular formula is C23H22BrNO4. The van der Waals surface area contributed by atoms with Gasteiger partial charge < -0.3 is 9.47 Å². The Kier molecular flexibility index (Phi) is 6.23.